The Hall–Kier alpha value is -2.05. The van der Waals surface area contributed by atoms with Crippen LogP contribution in [0, 0.1) is 0 Å². The fourth-order valence-corrected chi connectivity index (χ4v) is 1.38. The Kier molecular flexibility index (Phi) is 2.74. The van der Waals surface area contributed by atoms with Crippen molar-refractivity contribution in [2.75, 3.05) is 11.9 Å². The van der Waals surface area contributed by atoms with Crippen molar-refractivity contribution in [3.8, 4) is 11.5 Å². The van der Waals surface area contributed by atoms with Crippen molar-refractivity contribution in [2.45, 2.75) is 13.2 Å². The van der Waals surface area contributed by atoms with Gasteiger partial charge in [-0.1, -0.05) is 0 Å². The summed E-state index contributed by atoms with van der Waals surface area (Å²) in [6.07, 6.45) is -3.61. The molecular weight excluding hydrogens is 232 g/mol. The second-order valence-electron chi connectivity index (χ2n) is 3.31. The Bertz CT molecular complexity index is 463. The van der Waals surface area contributed by atoms with Crippen LogP contribution in [0.5, 0.6) is 11.5 Å². The van der Waals surface area contributed by atoms with Crippen molar-refractivity contribution in [2.24, 2.45) is 10.7 Å². The van der Waals surface area contributed by atoms with Crippen molar-refractivity contribution in [1.29, 1.82) is 0 Å². The van der Waals surface area contributed by atoms with Crippen molar-refractivity contribution in [3.63, 3.8) is 0 Å². The molecule has 0 bridgehead atoms. The molecule has 5 nitrogen and oxygen atoms in total. The Morgan fingerprint density at radius 3 is 2.82 bits per heavy atom. The molecule has 1 aromatic carbocycles. The van der Waals surface area contributed by atoms with Crippen molar-refractivity contribution < 1.29 is 18.3 Å². The molecule has 0 saturated heterocycles. The van der Waals surface area contributed by atoms with E-state index in [-0.39, 0.29) is 17.5 Å². The third-order valence-corrected chi connectivity index (χ3v) is 2.00. The monoisotopic (exact) mass is 243 g/mol. The zero-order valence-electron chi connectivity index (χ0n) is 9.04. The molecule has 0 saturated carbocycles. The molecule has 1 aliphatic rings. The average molecular weight is 243 g/mol. The van der Waals surface area contributed by atoms with Gasteiger partial charge in [0.05, 0.1) is 0 Å². The summed E-state index contributed by atoms with van der Waals surface area (Å²) in [5.74, 6) is 0.161. The number of aliphatic imine (C=N–C) groups is 1. The van der Waals surface area contributed by atoms with Gasteiger partial charge in [0.25, 0.3) is 0 Å². The van der Waals surface area contributed by atoms with E-state index in [0.717, 1.165) is 0 Å². The van der Waals surface area contributed by atoms with Crippen LogP contribution in [0.15, 0.2) is 23.2 Å². The molecular formula is C10H11F2N3O2. The third-order valence-electron chi connectivity index (χ3n) is 2.00. The largest absolute Gasteiger partial charge is 0.586 e. The number of alkyl halides is 2. The number of nitrogens with two attached hydrogens (primary N) is 1. The third kappa shape index (κ3) is 2.55. The van der Waals surface area contributed by atoms with Crippen molar-refractivity contribution in [3.05, 3.63) is 18.2 Å². The molecule has 0 amide bonds. The number of nitrogens with zero attached hydrogens (tertiary/aromatic N) is 1. The summed E-state index contributed by atoms with van der Waals surface area (Å²) >= 11 is 0. The number of ether oxygens (including phenoxy) is 2. The number of halogens is 2. The average Bonchev–Trinajstić information content (AvgIpc) is 2.51. The minimum Gasteiger partial charge on any atom is -0.395 e. The Morgan fingerprint density at radius 1 is 1.41 bits per heavy atom. The molecule has 2 rings (SSSR count). The van der Waals surface area contributed by atoms with Crippen LogP contribution in [-0.2, 0) is 0 Å². The van der Waals surface area contributed by atoms with E-state index >= 15 is 0 Å². The lowest BCUT2D eigenvalue weighted by atomic mass is 10.3. The maximum absolute atomic E-state index is 12.7. The first-order chi connectivity index (χ1) is 8.00. The van der Waals surface area contributed by atoms with Crippen LogP contribution in [0.1, 0.15) is 6.92 Å². The van der Waals surface area contributed by atoms with E-state index in [4.69, 9.17) is 5.73 Å². The highest BCUT2D eigenvalue weighted by molar-refractivity contribution is 5.92. The minimum absolute atomic E-state index is 0.00782. The van der Waals surface area contributed by atoms with Crippen LogP contribution in [0.3, 0.4) is 0 Å². The molecule has 92 valence electrons. The van der Waals surface area contributed by atoms with Crippen LogP contribution >= 0.6 is 0 Å². The number of hydrogen-bond donors (Lipinski definition) is 2. The summed E-state index contributed by atoms with van der Waals surface area (Å²) in [5.41, 5.74) is 6.03. The highest BCUT2D eigenvalue weighted by Gasteiger charge is 2.43. The van der Waals surface area contributed by atoms with Gasteiger partial charge in [-0.15, -0.1) is 8.78 Å². The lowest BCUT2D eigenvalue weighted by Crippen LogP contribution is -2.26. The molecule has 0 spiro atoms. The maximum atomic E-state index is 12.7. The smallest absolute Gasteiger partial charge is 0.395 e. The molecule has 7 heteroatoms. The molecule has 0 fully saturated rings. The van der Waals surface area contributed by atoms with E-state index < -0.39 is 6.29 Å². The van der Waals surface area contributed by atoms with Gasteiger partial charge in [-0.05, 0) is 19.1 Å². The molecule has 0 radical (unpaired) electrons. The van der Waals surface area contributed by atoms with Crippen LogP contribution in [0.4, 0.5) is 14.5 Å². The van der Waals surface area contributed by atoms with Crippen LogP contribution in [-0.4, -0.2) is 18.8 Å². The van der Waals surface area contributed by atoms with Gasteiger partial charge < -0.3 is 20.5 Å². The SMILES string of the molecule is CCN=C(N)Nc1ccc2c(c1)OC(F)(F)O2. The van der Waals surface area contributed by atoms with Crippen LogP contribution < -0.4 is 20.5 Å². The van der Waals surface area contributed by atoms with Gasteiger partial charge in [-0.25, -0.2) is 0 Å². The van der Waals surface area contributed by atoms with E-state index in [1.165, 1.54) is 12.1 Å². The first-order valence-electron chi connectivity index (χ1n) is 4.97. The fraction of sp³-hybridized carbons (Fsp3) is 0.300. The lowest BCUT2D eigenvalue weighted by molar-refractivity contribution is -0.286. The predicted molar refractivity (Wildman–Crippen MR) is 58.4 cm³/mol. The highest BCUT2D eigenvalue weighted by atomic mass is 19.3. The fourth-order valence-electron chi connectivity index (χ4n) is 1.38. The summed E-state index contributed by atoms with van der Waals surface area (Å²) in [6, 6.07) is 4.29. The first-order valence-corrected chi connectivity index (χ1v) is 4.97. The molecule has 1 heterocycles. The Morgan fingerprint density at radius 2 is 2.12 bits per heavy atom. The van der Waals surface area contributed by atoms with Gasteiger partial charge in [0, 0.05) is 18.3 Å². The van der Waals surface area contributed by atoms with Gasteiger partial charge in [0.2, 0.25) is 0 Å². The molecule has 1 aliphatic heterocycles. The summed E-state index contributed by atoms with van der Waals surface area (Å²) in [6.45, 7) is 2.36. The van der Waals surface area contributed by atoms with Gasteiger partial charge in [0.1, 0.15) is 0 Å². The molecule has 3 N–H and O–H groups in total. The zero-order valence-corrected chi connectivity index (χ0v) is 9.04. The maximum Gasteiger partial charge on any atom is 0.586 e. The molecule has 1 aromatic rings. The van der Waals surface area contributed by atoms with Crippen LogP contribution in [0.25, 0.3) is 0 Å². The number of fused-ring (bicyclic) bond motifs is 1. The van der Waals surface area contributed by atoms with Gasteiger partial charge in [0.15, 0.2) is 17.5 Å². The highest BCUT2D eigenvalue weighted by Crippen LogP contribution is 2.42. The number of benzene rings is 1. The first kappa shape index (κ1) is 11.4. The predicted octanol–water partition coefficient (Wildman–Crippen LogP) is 1.75. The van der Waals surface area contributed by atoms with Gasteiger partial charge in [-0.2, -0.15) is 0 Å². The summed E-state index contributed by atoms with van der Waals surface area (Å²) < 4.78 is 34.0. The van der Waals surface area contributed by atoms with Crippen LogP contribution in [0.2, 0.25) is 0 Å². The van der Waals surface area contributed by atoms with E-state index in [1.807, 2.05) is 6.92 Å². The summed E-state index contributed by atoms with van der Waals surface area (Å²) in [5, 5.41) is 2.75. The molecule has 0 unspecified atom stereocenters. The zero-order chi connectivity index (χ0) is 12.5. The Balaban J connectivity index is 2.17. The number of rotatable bonds is 2. The van der Waals surface area contributed by atoms with E-state index in [1.54, 1.807) is 6.07 Å². The normalized spacial score (nSPS) is 17.0. The standard InChI is InChI=1S/C10H11F2N3O2/c1-2-14-9(13)15-6-3-4-7-8(5-6)17-10(11,12)16-7/h3-5H,2H2,1H3,(H3,13,14,15). The quantitative estimate of drug-likeness (QED) is 0.613. The topological polar surface area (TPSA) is 68.9 Å². The molecule has 0 aliphatic carbocycles. The van der Waals surface area contributed by atoms with Gasteiger partial charge in [-0.3, -0.25) is 4.99 Å². The number of anilines is 1. The van der Waals surface area contributed by atoms with Gasteiger partial charge >= 0.3 is 6.29 Å². The molecule has 0 atom stereocenters. The van der Waals surface area contributed by atoms with E-state index in [2.05, 4.69) is 19.8 Å². The number of hydrogen-bond acceptors (Lipinski definition) is 3. The second kappa shape index (κ2) is 4.08. The molecule has 0 aromatic heterocycles. The number of guanidine groups is 1. The number of nitrogens with one attached hydrogen (secondary N) is 1. The Labute approximate surface area is 96.2 Å². The van der Waals surface area contributed by atoms with E-state index in [9.17, 15) is 8.78 Å². The van der Waals surface area contributed by atoms with Crippen molar-refractivity contribution >= 4 is 11.6 Å². The summed E-state index contributed by atoms with van der Waals surface area (Å²) in [4.78, 5) is 3.91. The second-order valence-corrected chi connectivity index (χ2v) is 3.31. The molecule has 17 heavy (non-hydrogen) atoms. The van der Waals surface area contributed by atoms with Crippen molar-refractivity contribution in [1.82, 2.24) is 0 Å². The summed E-state index contributed by atoms with van der Waals surface area (Å²) in [7, 11) is 0. The van der Waals surface area contributed by atoms with E-state index in [0.29, 0.717) is 12.2 Å². The lowest BCUT2D eigenvalue weighted by Gasteiger charge is -2.05. The minimum atomic E-state index is -3.61.